The third kappa shape index (κ3) is 4.06. The first-order valence-electron chi connectivity index (χ1n) is 11.3. The van der Waals surface area contributed by atoms with Gasteiger partial charge in [0.1, 0.15) is 11.5 Å². The van der Waals surface area contributed by atoms with Gasteiger partial charge in [0, 0.05) is 45.7 Å². The van der Waals surface area contributed by atoms with Gasteiger partial charge in [-0.2, -0.15) is 5.10 Å². The number of hydrogen-bond donors (Lipinski definition) is 3. The fraction of sp³-hybridized carbons (Fsp3) is 0.154. The number of rotatable bonds is 5. The van der Waals surface area contributed by atoms with Crippen LogP contribution in [0, 0.1) is 6.92 Å². The first-order chi connectivity index (χ1) is 17.3. The molecule has 0 unspecified atom stereocenters. The van der Waals surface area contributed by atoms with Gasteiger partial charge >= 0.3 is 0 Å². The van der Waals surface area contributed by atoms with Gasteiger partial charge in [0.2, 0.25) is 0 Å². The highest BCUT2D eigenvalue weighted by Crippen LogP contribution is 2.30. The molecule has 36 heavy (non-hydrogen) atoms. The zero-order chi connectivity index (χ0) is 24.9. The largest absolute Gasteiger partial charge is 0.351 e. The third-order valence-electron chi connectivity index (χ3n) is 6.19. The van der Waals surface area contributed by atoms with E-state index < -0.39 is 24.9 Å². The number of nitrogens with one attached hydrogen (secondary N) is 3. The molecule has 0 spiro atoms. The van der Waals surface area contributed by atoms with E-state index in [1.807, 2.05) is 55.6 Å². The highest BCUT2D eigenvalue weighted by Gasteiger charge is 2.46. The minimum atomic E-state index is -2.80. The highest BCUT2D eigenvalue weighted by atomic mass is 19.3. The Labute approximate surface area is 204 Å². The van der Waals surface area contributed by atoms with Crippen molar-refractivity contribution < 1.29 is 13.6 Å². The van der Waals surface area contributed by atoms with Crippen LogP contribution in [0.25, 0.3) is 33.4 Å². The molecule has 8 nitrogen and oxygen atoms in total. The van der Waals surface area contributed by atoms with E-state index in [0.717, 1.165) is 38.2 Å². The zero-order valence-electron chi connectivity index (χ0n) is 19.2. The molecule has 0 atom stereocenters. The lowest BCUT2D eigenvalue weighted by Gasteiger charge is -2.38. The summed E-state index contributed by atoms with van der Waals surface area (Å²) in [5.41, 5.74) is 5.58. The van der Waals surface area contributed by atoms with Crippen molar-refractivity contribution in [3.05, 3.63) is 78.4 Å². The van der Waals surface area contributed by atoms with Crippen LogP contribution in [0.2, 0.25) is 0 Å². The van der Waals surface area contributed by atoms with Crippen LogP contribution in [-0.4, -0.2) is 55.0 Å². The maximum atomic E-state index is 13.2. The molecule has 6 rings (SSSR count). The molecular formula is C26H21F2N7O. The van der Waals surface area contributed by atoms with Crippen LogP contribution in [0.4, 0.5) is 20.3 Å². The van der Waals surface area contributed by atoms with Gasteiger partial charge in [-0.1, -0.05) is 24.3 Å². The maximum absolute atomic E-state index is 13.2. The maximum Gasteiger partial charge on any atom is 0.282 e. The molecule has 3 aromatic heterocycles. The predicted octanol–water partition coefficient (Wildman–Crippen LogP) is 5.16. The van der Waals surface area contributed by atoms with E-state index >= 15 is 0 Å². The van der Waals surface area contributed by atoms with Crippen LogP contribution in [0.3, 0.4) is 0 Å². The number of fused-ring (bicyclic) bond motifs is 1. The lowest BCUT2D eigenvalue weighted by atomic mass is 10.1. The summed E-state index contributed by atoms with van der Waals surface area (Å²) in [7, 11) is 0. The van der Waals surface area contributed by atoms with Crippen molar-refractivity contribution in [3.8, 4) is 22.5 Å². The standard InChI is InChI=1S/C26H21F2N7O/c1-15-10-29-24(34-23(15)32-20-6-4-16(5-7-20)19-11-30-31-12-19)18-3-2-17-8-22(33-21(17)9-18)25(36)35-13-26(27,28)14-35/h2-12,33H,13-14H2,1H3,(H,30,31)(H,29,32,34). The van der Waals surface area contributed by atoms with E-state index in [-0.39, 0.29) is 5.69 Å². The molecule has 3 N–H and O–H groups in total. The summed E-state index contributed by atoms with van der Waals surface area (Å²) in [6.45, 7) is 0.828. The van der Waals surface area contributed by atoms with Gasteiger partial charge < -0.3 is 15.2 Å². The quantitative estimate of drug-likeness (QED) is 0.319. The second-order valence-corrected chi connectivity index (χ2v) is 8.92. The van der Waals surface area contributed by atoms with Crippen molar-refractivity contribution in [1.29, 1.82) is 0 Å². The van der Waals surface area contributed by atoms with Gasteiger partial charge in [-0.25, -0.2) is 18.7 Å². The van der Waals surface area contributed by atoms with Crippen LogP contribution in [0.15, 0.2) is 67.1 Å². The Morgan fingerprint density at radius 1 is 1.03 bits per heavy atom. The highest BCUT2D eigenvalue weighted by molar-refractivity contribution is 5.99. The number of aromatic nitrogens is 5. The van der Waals surface area contributed by atoms with Crippen LogP contribution < -0.4 is 5.32 Å². The Morgan fingerprint density at radius 2 is 1.81 bits per heavy atom. The number of amides is 1. The average Bonchev–Trinajstić information content (AvgIpc) is 3.54. The topological polar surface area (TPSA) is 103 Å². The van der Waals surface area contributed by atoms with Crippen molar-refractivity contribution in [2.75, 3.05) is 18.4 Å². The van der Waals surface area contributed by atoms with Gasteiger partial charge in [0.05, 0.1) is 19.3 Å². The summed E-state index contributed by atoms with van der Waals surface area (Å²) in [4.78, 5) is 25.9. The Kier molecular flexibility index (Phi) is 5.03. The normalized spacial score (nSPS) is 14.6. The lowest BCUT2D eigenvalue weighted by Crippen LogP contribution is -2.58. The van der Waals surface area contributed by atoms with Crippen molar-refractivity contribution in [1.82, 2.24) is 30.0 Å². The Morgan fingerprint density at radius 3 is 2.53 bits per heavy atom. The first kappa shape index (κ1) is 21.9. The van der Waals surface area contributed by atoms with Crippen molar-refractivity contribution >= 4 is 28.3 Å². The molecule has 1 aliphatic rings. The molecule has 1 amide bonds. The van der Waals surface area contributed by atoms with Gasteiger partial charge in [-0.05, 0) is 36.8 Å². The molecule has 0 saturated carbocycles. The van der Waals surface area contributed by atoms with E-state index in [2.05, 4.69) is 25.5 Å². The first-order valence-corrected chi connectivity index (χ1v) is 11.3. The third-order valence-corrected chi connectivity index (χ3v) is 6.19. The van der Waals surface area contributed by atoms with Gasteiger partial charge in [0.25, 0.3) is 11.8 Å². The number of H-pyrrole nitrogens is 2. The zero-order valence-corrected chi connectivity index (χ0v) is 19.2. The van der Waals surface area contributed by atoms with E-state index in [9.17, 15) is 13.6 Å². The fourth-order valence-corrected chi connectivity index (χ4v) is 4.21. The number of benzene rings is 2. The Hall–Kier alpha value is -4.60. The number of hydrogen-bond acceptors (Lipinski definition) is 5. The van der Waals surface area contributed by atoms with Crippen LogP contribution in [0.1, 0.15) is 16.1 Å². The predicted molar refractivity (Wildman–Crippen MR) is 132 cm³/mol. The molecule has 1 saturated heterocycles. The second kappa shape index (κ2) is 8.26. The molecule has 1 fully saturated rings. The van der Waals surface area contributed by atoms with Crippen molar-refractivity contribution in [2.45, 2.75) is 12.8 Å². The minimum Gasteiger partial charge on any atom is -0.351 e. The van der Waals surface area contributed by atoms with Crippen LogP contribution >= 0.6 is 0 Å². The number of carbonyl (C=O) groups is 1. The second-order valence-electron chi connectivity index (χ2n) is 8.92. The number of alkyl halides is 2. The molecule has 4 heterocycles. The summed E-state index contributed by atoms with van der Waals surface area (Å²) in [6, 6.07) is 15.2. The molecule has 180 valence electrons. The van der Waals surface area contributed by atoms with Gasteiger partial charge in [-0.15, -0.1) is 0 Å². The number of nitrogens with zero attached hydrogens (tertiary/aromatic N) is 4. The lowest BCUT2D eigenvalue weighted by molar-refractivity contribution is -0.113. The van der Waals surface area contributed by atoms with E-state index in [4.69, 9.17) is 4.98 Å². The Balaban J connectivity index is 1.24. The SMILES string of the molecule is Cc1cnc(-c2ccc3cc(C(=O)N4CC(F)(F)C4)[nH]c3c2)nc1Nc1ccc(-c2cn[nH]c2)cc1. The summed E-state index contributed by atoms with van der Waals surface area (Å²) >= 11 is 0. The van der Waals surface area contributed by atoms with Crippen LogP contribution in [0.5, 0.6) is 0 Å². The number of anilines is 2. The summed E-state index contributed by atoms with van der Waals surface area (Å²) in [5.74, 6) is -2.04. The molecule has 0 bridgehead atoms. The monoisotopic (exact) mass is 485 g/mol. The molecular weight excluding hydrogens is 464 g/mol. The summed E-state index contributed by atoms with van der Waals surface area (Å²) < 4.78 is 26.3. The smallest absolute Gasteiger partial charge is 0.282 e. The number of halogens is 2. The molecule has 5 aromatic rings. The average molecular weight is 485 g/mol. The molecule has 0 aliphatic carbocycles. The van der Waals surface area contributed by atoms with E-state index in [1.165, 1.54) is 0 Å². The summed E-state index contributed by atoms with van der Waals surface area (Å²) in [5, 5.41) is 10.9. The van der Waals surface area contributed by atoms with Gasteiger partial charge in [0.15, 0.2) is 5.82 Å². The molecule has 2 aromatic carbocycles. The molecule has 10 heteroatoms. The molecule has 1 aliphatic heterocycles. The number of likely N-dealkylation sites (tertiary alicyclic amines) is 1. The fourth-order valence-electron chi connectivity index (χ4n) is 4.21. The van der Waals surface area contributed by atoms with Crippen LogP contribution in [-0.2, 0) is 0 Å². The van der Waals surface area contributed by atoms with E-state index in [1.54, 1.807) is 18.5 Å². The van der Waals surface area contributed by atoms with Gasteiger partial charge in [-0.3, -0.25) is 9.89 Å². The number of aromatic amines is 2. The van der Waals surface area contributed by atoms with Crippen molar-refractivity contribution in [3.63, 3.8) is 0 Å². The number of carbonyl (C=O) groups excluding carboxylic acids is 1. The summed E-state index contributed by atoms with van der Waals surface area (Å²) in [6.07, 6.45) is 5.36. The minimum absolute atomic E-state index is 0.281. The number of aryl methyl sites for hydroxylation is 1. The molecule has 0 radical (unpaired) electrons. The van der Waals surface area contributed by atoms with Crippen molar-refractivity contribution in [2.24, 2.45) is 0 Å². The van der Waals surface area contributed by atoms with E-state index in [0.29, 0.717) is 17.2 Å². The Bertz CT molecular complexity index is 1570.